The van der Waals surface area contributed by atoms with E-state index in [1.165, 1.54) is 75.3 Å². The van der Waals surface area contributed by atoms with Gasteiger partial charge in [-0.3, -0.25) is 0 Å². The summed E-state index contributed by atoms with van der Waals surface area (Å²) in [7, 11) is 0. The summed E-state index contributed by atoms with van der Waals surface area (Å²) in [6.07, 6.45) is 15.8. The Balaban J connectivity index is 1.45. The van der Waals surface area contributed by atoms with Gasteiger partial charge in [-0.2, -0.15) is 0 Å². The van der Waals surface area contributed by atoms with E-state index >= 15 is 0 Å². The molecule has 0 saturated heterocycles. The Morgan fingerprint density at radius 3 is 1.96 bits per heavy atom. The predicted octanol–water partition coefficient (Wildman–Crippen LogP) is 6.42. The fourth-order valence-electron chi connectivity index (χ4n) is 3.79. The maximum absolute atomic E-state index is 10.3. The van der Waals surface area contributed by atoms with Crippen LogP contribution in [0.4, 0.5) is 0 Å². The van der Waals surface area contributed by atoms with Crippen molar-refractivity contribution in [3.05, 3.63) is 29.3 Å². The molecule has 0 aliphatic heterocycles. The molecule has 2 fully saturated rings. The summed E-state index contributed by atoms with van der Waals surface area (Å²) in [6, 6.07) is 6.12. The van der Waals surface area contributed by atoms with Gasteiger partial charge in [0.15, 0.2) is 0 Å². The van der Waals surface area contributed by atoms with Crippen molar-refractivity contribution < 1.29 is 5.11 Å². The van der Waals surface area contributed by atoms with Crippen LogP contribution < -0.4 is 0 Å². The first-order valence-electron chi connectivity index (χ1n) is 9.80. The fraction of sp³-hybridized carbons (Fsp3) is 0.727. The van der Waals surface area contributed by atoms with Gasteiger partial charge in [0.05, 0.1) is 0 Å². The lowest BCUT2D eigenvalue weighted by atomic mass is 9.93. The van der Waals surface area contributed by atoms with Crippen LogP contribution in [0.2, 0.25) is 0 Å². The van der Waals surface area contributed by atoms with Gasteiger partial charge in [0, 0.05) is 0 Å². The lowest BCUT2D eigenvalue weighted by Gasteiger charge is -2.13. The van der Waals surface area contributed by atoms with Crippen LogP contribution in [0.25, 0.3) is 0 Å². The molecule has 0 heterocycles. The molecule has 1 nitrogen and oxygen atoms in total. The van der Waals surface area contributed by atoms with Crippen molar-refractivity contribution >= 4 is 0 Å². The Kier molecular flexibility index (Phi) is 5.04. The maximum atomic E-state index is 10.3. The zero-order valence-electron chi connectivity index (χ0n) is 15.2. The zero-order chi connectivity index (χ0) is 16.3. The first-order chi connectivity index (χ1) is 11.0. The molecular weight excluding hydrogens is 280 g/mol. The number of aromatic hydroxyl groups is 1. The van der Waals surface area contributed by atoms with E-state index in [9.17, 15) is 5.11 Å². The van der Waals surface area contributed by atoms with E-state index in [0.717, 1.165) is 12.8 Å². The van der Waals surface area contributed by atoms with E-state index in [4.69, 9.17) is 0 Å². The van der Waals surface area contributed by atoms with Crippen LogP contribution in [0.15, 0.2) is 18.2 Å². The van der Waals surface area contributed by atoms with Gasteiger partial charge in [-0.25, -0.2) is 0 Å². The molecule has 23 heavy (non-hydrogen) atoms. The van der Waals surface area contributed by atoms with Crippen molar-refractivity contribution in [1.82, 2.24) is 0 Å². The Morgan fingerprint density at radius 1 is 0.826 bits per heavy atom. The predicted molar refractivity (Wildman–Crippen MR) is 97.9 cm³/mol. The Hall–Kier alpha value is -0.980. The standard InChI is InChI=1S/C22H34O/c1-21(14-15-21)12-5-3-8-18-9-7-11-20(23)19(18)10-4-6-13-22(2)16-17-22/h7,9,11,23H,3-6,8,10,12-17H2,1-2H3. The van der Waals surface area contributed by atoms with Crippen LogP contribution in [-0.2, 0) is 12.8 Å². The summed E-state index contributed by atoms with van der Waals surface area (Å²) in [6.45, 7) is 4.84. The number of benzene rings is 1. The van der Waals surface area contributed by atoms with Crippen LogP contribution in [0.3, 0.4) is 0 Å². The van der Waals surface area contributed by atoms with Gasteiger partial charge in [-0.05, 0) is 92.2 Å². The molecular formula is C22H34O. The number of phenols is 1. The molecule has 128 valence electrons. The molecule has 0 atom stereocenters. The summed E-state index contributed by atoms with van der Waals surface area (Å²) >= 11 is 0. The highest BCUT2D eigenvalue weighted by atomic mass is 16.3. The minimum atomic E-state index is 0.522. The van der Waals surface area contributed by atoms with Gasteiger partial charge in [0.1, 0.15) is 5.75 Å². The number of rotatable bonds is 10. The average molecular weight is 315 g/mol. The first kappa shape index (κ1) is 16.9. The van der Waals surface area contributed by atoms with Crippen molar-refractivity contribution in [2.75, 3.05) is 0 Å². The maximum Gasteiger partial charge on any atom is 0.119 e. The monoisotopic (exact) mass is 314 g/mol. The van der Waals surface area contributed by atoms with E-state index in [1.807, 2.05) is 12.1 Å². The summed E-state index contributed by atoms with van der Waals surface area (Å²) in [4.78, 5) is 0. The van der Waals surface area contributed by atoms with Crippen LogP contribution in [0, 0.1) is 10.8 Å². The highest BCUT2D eigenvalue weighted by Crippen LogP contribution is 2.49. The summed E-state index contributed by atoms with van der Waals surface area (Å²) in [5.74, 6) is 0.522. The highest BCUT2D eigenvalue weighted by molar-refractivity contribution is 5.39. The minimum absolute atomic E-state index is 0.522. The molecule has 0 amide bonds. The fourth-order valence-corrected chi connectivity index (χ4v) is 3.79. The largest absolute Gasteiger partial charge is 0.508 e. The number of aryl methyl sites for hydroxylation is 1. The second-order valence-electron chi connectivity index (χ2n) is 8.95. The molecule has 1 N–H and O–H groups in total. The third kappa shape index (κ3) is 4.99. The quantitative estimate of drug-likeness (QED) is 0.494. The summed E-state index contributed by atoms with van der Waals surface area (Å²) < 4.78 is 0. The first-order valence-corrected chi connectivity index (χ1v) is 9.80. The molecule has 3 rings (SSSR count). The molecule has 2 aliphatic rings. The lowest BCUT2D eigenvalue weighted by Crippen LogP contribution is -1.99. The molecule has 1 heteroatoms. The van der Waals surface area contributed by atoms with Crippen molar-refractivity contribution in [1.29, 1.82) is 0 Å². The molecule has 2 saturated carbocycles. The number of unbranched alkanes of at least 4 members (excludes halogenated alkanes) is 2. The van der Waals surface area contributed by atoms with E-state index in [1.54, 1.807) is 0 Å². The Labute approximate surface area is 142 Å². The number of hydrogen-bond donors (Lipinski definition) is 1. The second kappa shape index (κ2) is 6.87. The third-order valence-corrected chi connectivity index (χ3v) is 6.39. The van der Waals surface area contributed by atoms with E-state index < -0.39 is 0 Å². The van der Waals surface area contributed by atoms with Gasteiger partial charge >= 0.3 is 0 Å². The van der Waals surface area contributed by atoms with Crippen LogP contribution >= 0.6 is 0 Å². The average Bonchev–Trinajstić information content (AvgIpc) is 3.43. The van der Waals surface area contributed by atoms with Gasteiger partial charge in [0.2, 0.25) is 0 Å². The van der Waals surface area contributed by atoms with E-state index in [-0.39, 0.29) is 0 Å². The second-order valence-corrected chi connectivity index (χ2v) is 8.95. The number of phenolic OH excluding ortho intramolecular Hbond substituents is 1. The molecule has 1 aromatic carbocycles. The normalized spacial score (nSPS) is 20.4. The van der Waals surface area contributed by atoms with Gasteiger partial charge < -0.3 is 5.11 Å². The topological polar surface area (TPSA) is 20.2 Å². The van der Waals surface area contributed by atoms with Crippen LogP contribution in [-0.4, -0.2) is 5.11 Å². The van der Waals surface area contributed by atoms with Crippen molar-refractivity contribution in [2.45, 2.75) is 90.9 Å². The van der Waals surface area contributed by atoms with Crippen LogP contribution in [0.1, 0.15) is 89.2 Å². The van der Waals surface area contributed by atoms with Crippen LogP contribution in [0.5, 0.6) is 5.75 Å². The Bertz CT molecular complexity index is 523. The molecule has 0 spiro atoms. The van der Waals surface area contributed by atoms with E-state index in [0.29, 0.717) is 16.6 Å². The molecule has 2 aliphatic carbocycles. The molecule has 0 unspecified atom stereocenters. The summed E-state index contributed by atoms with van der Waals surface area (Å²) in [5, 5.41) is 10.3. The van der Waals surface area contributed by atoms with Crippen molar-refractivity contribution in [3.8, 4) is 5.75 Å². The molecule has 0 bridgehead atoms. The molecule has 0 radical (unpaired) electrons. The SMILES string of the molecule is CC1(CCCCc2cccc(O)c2CCCCC2(C)CC2)CC1. The highest BCUT2D eigenvalue weighted by Gasteiger charge is 2.36. The summed E-state index contributed by atoms with van der Waals surface area (Å²) in [5.41, 5.74) is 3.97. The molecule has 1 aromatic rings. The number of hydrogen-bond acceptors (Lipinski definition) is 1. The van der Waals surface area contributed by atoms with Gasteiger partial charge in [0.25, 0.3) is 0 Å². The third-order valence-electron chi connectivity index (χ3n) is 6.39. The van der Waals surface area contributed by atoms with Crippen molar-refractivity contribution in [2.24, 2.45) is 10.8 Å². The van der Waals surface area contributed by atoms with Gasteiger partial charge in [-0.1, -0.05) is 38.8 Å². The molecule has 0 aromatic heterocycles. The van der Waals surface area contributed by atoms with E-state index in [2.05, 4.69) is 19.9 Å². The lowest BCUT2D eigenvalue weighted by molar-refractivity contribution is 0.456. The minimum Gasteiger partial charge on any atom is -0.508 e. The smallest absolute Gasteiger partial charge is 0.119 e. The Morgan fingerprint density at radius 2 is 1.39 bits per heavy atom. The zero-order valence-corrected chi connectivity index (χ0v) is 15.2. The van der Waals surface area contributed by atoms with Gasteiger partial charge in [-0.15, -0.1) is 0 Å². The van der Waals surface area contributed by atoms with Crippen molar-refractivity contribution in [3.63, 3.8) is 0 Å².